The van der Waals surface area contributed by atoms with Gasteiger partial charge in [0.25, 0.3) is 5.91 Å². The molecule has 1 atom stereocenters. The Labute approximate surface area is 194 Å². The third kappa shape index (κ3) is 4.03. The summed E-state index contributed by atoms with van der Waals surface area (Å²) in [5, 5.41) is 4.91. The smallest absolute Gasteiger partial charge is 0.252 e. The lowest BCUT2D eigenvalue weighted by atomic mass is 10.2. The van der Waals surface area contributed by atoms with Gasteiger partial charge in [-0.15, -0.1) is 11.3 Å². The van der Waals surface area contributed by atoms with Gasteiger partial charge in [-0.25, -0.2) is 9.97 Å². The zero-order valence-corrected chi connectivity index (χ0v) is 19.3. The van der Waals surface area contributed by atoms with Gasteiger partial charge in [-0.2, -0.15) is 0 Å². The molecule has 1 amide bonds. The van der Waals surface area contributed by atoms with Gasteiger partial charge in [-0.3, -0.25) is 4.79 Å². The predicted molar refractivity (Wildman–Crippen MR) is 126 cm³/mol. The van der Waals surface area contributed by atoms with E-state index in [1.165, 1.54) is 22.2 Å². The Balaban J connectivity index is 1.32. The van der Waals surface area contributed by atoms with Gasteiger partial charge >= 0.3 is 0 Å². The van der Waals surface area contributed by atoms with E-state index in [2.05, 4.69) is 29.1 Å². The van der Waals surface area contributed by atoms with E-state index in [1.807, 2.05) is 48.5 Å². The molecule has 8 heteroatoms. The summed E-state index contributed by atoms with van der Waals surface area (Å²) in [5.74, 6) is 1.27. The third-order valence-corrected chi connectivity index (χ3v) is 7.52. The highest BCUT2D eigenvalue weighted by atomic mass is 32.2. The molecule has 0 saturated carbocycles. The van der Waals surface area contributed by atoms with Crippen LogP contribution in [-0.4, -0.2) is 35.1 Å². The van der Waals surface area contributed by atoms with Crippen molar-refractivity contribution in [2.24, 2.45) is 0 Å². The van der Waals surface area contributed by atoms with E-state index < -0.39 is 0 Å². The number of nitrogens with zero attached hydrogens (tertiary/aromatic N) is 2. The maximum absolute atomic E-state index is 13.0. The fourth-order valence-corrected chi connectivity index (χ4v) is 5.68. The lowest BCUT2D eigenvalue weighted by Gasteiger charge is -2.26. The first-order chi connectivity index (χ1) is 15.6. The topological polar surface area (TPSA) is 73.3 Å². The van der Waals surface area contributed by atoms with E-state index in [-0.39, 0.29) is 12.0 Å². The van der Waals surface area contributed by atoms with Crippen LogP contribution in [0.25, 0.3) is 10.2 Å². The number of amides is 1. The third-order valence-electron chi connectivity index (χ3n) is 5.33. The molecule has 2 aromatic heterocycles. The standard InChI is InChI=1S/C24H21N3O3S2/c1-14-15(2)31-23-21(14)24(27-13-26-23)32-20-10-6-3-7-17(20)22(28)25-11-16-12-29-18-8-4-5-9-19(18)30-16/h3-10,13,16H,11-12H2,1-2H3,(H,25,28)/t16-/m1/s1. The van der Waals surface area contributed by atoms with E-state index in [9.17, 15) is 4.79 Å². The fourth-order valence-electron chi connectivity index (χ4n) is 3.54. The van der Waals surface area contributed by atoms with Crippen molar-refractivity contribution in [2.45, 2.75) is 29.9 Å². The number of aromatic nitrogens is 2. The first kappa shape index (κ1) is 20.8. The van der Waals surface area contributed by atoms with Gasteiger partial charge < -0.3 is 14.8 Å². The minimum atomic E-state index is -0.244. The van der Waals surface area contributed by atoms with Crippen LogP contribution < -0.4 is 14.8 Å². The summed E-state index contributed by atoms with van der Waals surface area (Å²) in [6.07, 6.45) is 1.34. The Hall–Kier alpha value is -3.10. The second-order valence-electron chi connectivity index (χ2n) is 7.45. The summed E-state index contributed by atoms with van der Waals surface area (Å²) in [4.78, 5) is 25.0. The van der Waals surface area contributed by atoms with Crippen molar-refractivity contribution < 1.29 is 14.3 Å². The minimum Gasteiger partial charge on any atom is -0.486 e. The van der Waals surface area contributed by atoms with Crippen molar-refractivity contribution in [1.29, 1.82) is 0 Å². The largest absolute Gasteiger partial charge is 0.486 e. The average Bonchev–Trinajstić information content (AvgIpc) is 3.12. The van der Waals surface area contributed by atoms with Gasteiger partial charge in [0.1, 0.15) is 28.9 Å². The Bertz CT molecular complexity index is 1300. The molecule has 0 radical (unpaired) electrons. The Morgan fingerprint density at radius 3 is 2.78 bits per heavy atom. The monoisotopic (exact) mass is 463 g/mol. The number of fused-ring (bicyclic) bond motifs is 2. The van der Waals surface area contributed by atoms with Crippen molar-refractivity contribution in [3.8, 4) is 11.5 Å². The number of nitrogens with one attached hydrogen (secondary N) is 1. The van der Waals surface area contributed by atoms with Crippen LogP contribution in [0.1, 0.15) is 20.8 Å². The molecule has 0 saturated heterocycles. The number of thiophene rings is 1. The van der Waals surface area contributed by atoms with Crippen molar-refractivity contribution in [3.05, 3.63) is 70.9 Å². The van der Waals surface area contributed by atoms with Gasteiger partial charge in [-0.1, -0.05) is 36.0 Å². The molecule has 3 heterocycles. The maximum atomic E-state index is 13.0. The van der Waals surface area contributed by atoms with E-state index >= 15 is 0 Å². The number of aryl methyl sites for hydroxylation is 2. The summed E-state index contributed by atoms with van der Waals surface area (Å²) < 4.78 is 11.7. The number of carbonyl (C=O) groups is 1. The Morgan fingerprint density at radius 1 is 1.12 bits per heavy atom. The maximum Gasteiger partial charge on any atom is 0.252 e. The lowest BCUT2D eigenvalue weighted by molar-refractivity contribution is 0.0787. The van der Waals surface area contributed by atoms with E-state index in [0.29, 0.717) is 24.5 Å². The van der Waals surface area contributed by atoms with Gasteiger partial charge in [0.05, 0.1) is 12.1 Å². The Morgan fingerprint density at radius 2 is 1.91 bits per heavy atom. The van der Waals surface area contributed by atoms with Crippen molar-refractivity contribution in [1.82, 2.24) is 15.3 Å². The highest BCUT2D eigenvalue weighted by molar-refractivity contribution is 7.99. The van der Waals surface area contributed by atoms with Gasteiger partial charge in [-0.05, 0) is 43.7 Å². The molecule has 5 rings (SSSR count). The number of rotatable bonds is 5. The molecule has 2 aromatic carbocycles. The number of ether oxygens (including phenoxy) is 2. The van der Waals surface area contributed by atoms with Crippen LogP contribution >= 0.6 is 23.1 Å². The number of benzene rings is 2. The molecule has 1 aliphatic heterocycles. The highest BCUT2D eigenvalue weighted by Crippen LogP contribution is 2.38. The Kier molecular flexibility index (Phi) is 5.71. The summed E-state index contributed by atoms with van der Waals surface area (Å²) in [6, 6.07) is 15.1. The number of hydrogen-bond donors (Lipinski definition) is 1. The molecule has 0 aliphatic carbocycles. The van der Waals surface area contributed by atoms with Crippen LogP contribution in [0.15, 0.2) is 64.8 Å². The van der Waals surface area contributed by atoms with Crippen LogP contribution in [0, 0.1) is 13.8 Å². The molecule has 6 nitrogen and oxygen atoms in total. The van der Waals surface area contributed by atoms with Gasteiger partial charge in [0.2, 0.25) is 0 Å². The van der Waals surface area contributed by atoms with Crippen LogP contribution in [0.3, 0.4) is 0 Å². The van der Waals surface area contributed by atoms with Crippen LogP contribution in [0.2, 0.25) is 0 Å². The summed E-state index contributed by atoms with van der Waals surface area (Å²) in [6.45, 7) is 4.92. The predicted octanol–water partition coefficient (Wildman–Crippen LogP) is 5.03. The lowest BCUT2D eigenvalue weighted by Crippen LogP contribution is -2.40. The van der Waals surface area contributed by atoms with Crippen molar-refractivity contribution in [3.63, 3.8) is 0 Å². The molecular formula is C24H21N3O3S2. The molecular weight excluding hydrogens is 442 g/mol. The van der Waals surface area contributed by atoms with E-state index in [1.54, 1.807) is 17.7 Å². The average molecular weight is 464 g/mol. The molecule has 4 aromatic rings. The summed E-state index contributed by atoms with van der Waals surface area (Å²) >= 11 is 3.15. The molecule has 0 spiro atoms. The second kappa shape index (κ2) is 8.80. The quantitative estimate of drug-likeness (QED) is 0.419. The number of hydrogen-bond acceptors (Lipinski definition) is 7. The minimum absolute atomic E-state index is 0.154. The summed E-state index contributed by atoms with van der Waals surface area (Å²) in [5.41, 5.74) is 1.79. The molecule has 0 unspecified atom stereocenters. The zero-order chi connectivity index (χ0) is 22.1. The van der Waals surface area contributed by atoms with Crippen molar-refractivity contribution >= 4 is 39.2 Å². The SMILES string of the molecule is Cc1sc2ncnc(Sc3ccccc3C(=O)NC[C@@H]3COc4ccccc4O3)c2c1C. The molecule has 1 aliphatic rings. The molecule has 32 heavy (non-hydrogen) atoms. The second-order valence-corrected chi connectivity index (χ2v) is 9.68. The van der Waals surface area contributed by atoms with Gasteiger partial charge in [0, 0.05) is 15.2 Å². The van der Waals surface area contributed by atoms with Gasteiger partial charge in [0.15, 0.2) is 11.5 Å². The molecule has 1 N–H and O–H groups in total. The molecule has 0 fully saturated rings. The highest BCUT2D eigenvalue weighted by Gasteiger charge is 2.22. The number of para-hydroxylation sites is 2. The van der Waals surface area contributed by atoms with Crippen LogP contribution in [0.5, 0.6) is 11.5 Å². The summed E-state index contributed by atoms with van der Waals surface area (Å²) in [7, 11) is 0. The van der Waals surface area contributed by atoms with Crippen LogP contribution in [-0.2, 0) is 0 Å². The normalized spacial score (nSPS) is 15.0. The van der Waals surface area contributed by atoms with Crippen molar-refractivity contribution in [2.75, 3.05) is 13.2 Å². The fraction of sp³-hybridized carbons (Fsp3) is 0.208. The van der Waals surface area contributed by atoms with Crippen LogP contribution in [0.4, 0.5) is 0 Å². The van der Waals surface area contributed by atoms with E-state index in [0.717, 1.165) is 25.9 Å². The first-order valence-electron chi connectivity index (χ1n) is 10.2. The molecule has 162 valence electrons. The first-order valence-corrected chi connectivity index (χ1v) is 11.9. The van der Waals surface area contributed by atoms with E-state index in [4.69, 9.17) is 9.47 Å². The zero-order valence-electron chi connectivity index (χ0n) is 17.6. The molecule has 0 bridgehead atoms. The number of carbonyl (C=O) groups excluding carboxylic acids is 1.